The standard InChI is InChI=1S/C25H25BrFNO3S2/c1-3-32-10-8-31-25(30)22-14(2)28-19-11-15(21-5-4-9-33-21)12-20(29)24(19)23(22)17-13-16(26)6-7-18(17)27/h4-7,9,13,15,23,28H,3,8,10-12H2,1-2H3/t15-,23+/m1/s1. The van der Waals surface area contributed by atoms with Crippen molar-refractivity contribution in [2.75, 3.05) is 18.1 Å². The van der Waals surface area contributed by atoms with E-state index >= 15 is 4.39 Å². The normalized spacial score (nSPS) is 20.5. The van der Waals surface area contributed by atoms with Crippen LogP contribution in [0.5, 0.6) is 0 Å². The van der Waals surface area contributed by atoms with Gasteiger partial charge in [-0.1, -0.05) is 28.9 Å². The monoisotopic (exact) mass is 549 g/mol. The van der Waals surface area contributed by atoms with E-state index in [1.54, 1.807) is 42.2 Å². The number of ether oxygens (including phenoxy) is 1. The number of rotatable bonds is 7. The Morgan fingerprint density at radius 2 is 2.15 bits per heavy atom. The predicted molar refractivity (Wildman–Crippen MR) is 135 cm³/mol. The van der Waals surface area contributed by atoms with Crippen molar-refractivity contribution in [1.82, 2.24) is 5.32 Å². The first-order valence-electron chi connectivity index (χ1n) is 10.9. The quantitative estimate of drug-likeness (QED) is 0.324. The molecule has 2 aliphatic rings. The Morgan fingerprint density at radius 1 is 1.33 bits per heavy atom. The number of thiophene rings is 1. The lowest BCUT2D eigenvalue weighted by Gasteiger charge is -2.36. The lowest BCUT2D eigenvalue weighted by atomic mass is 9.72. The molecule has 0 saturated heterocycles. The third-order valence-electron chi connectivity index (χ3n) is 5.93. The second-order valence-electron chi connectivity index (χ2n) is 8.03. The lowest BCUT2D eigenvalue weighted by Crippen LogP contribution is -2.36. The molecule has 0 spiro atoms. The van der Waals surface area contributed by atoms with Gasteiger partial charge in [-0.25, -0.2) is 9.18 Å². The van der Waals surface area contributed by atoms with Gasteiger partial charge in [0.2, 0.25) is 0 Å². The van der Waals surface area contributed by atoms with Gasteiger partial charge in [0.05, 0.1) is 11.5 Å². The third kappa shape index (κ3) is 5.12. The van der Waals surface area contributed by atoms with Crippen LogP contribution in [0.1, 0.15) is 49.0 Å². The fourth-order valence-corrected chi connectivity index (χ4v) is 6.20. The number of Topliss-reactive ketones (excluding diaryl/α,β-unsaturated/α-hetero) is 1. The maximum absolute atomic E-state index is 15.1. The minimum absolute atomic E-state index is 0.0640. The van der Waals surface area contributed by atoms with E-state index in [0.29, 0.717) is 45.5 Å². The molecule has 0 fully saturated rings. The molecule has 0 amide bonds. The van der Waals surface area contributed by atoms with Crippen molar-refractivity contribution in [2.24, 2.45) is 0 Å². The van der Waals surface area contributed by atoms with Gasteiger partial charge in [0, 0.05) is 50.0 Å². The van der Waals surface area contributed by atoms with Gasteiger partial charge < -0.3 is 10.1 Å². The number of esters is 1. The molecule has 1 aromatic heterocycles. The van der Waals surface area contributed by atoms with Crippen molar-refractivity contribution in [3.63, 3.8) is 0 Å². The first-order valence-corrected chi connectivity index (χ1v) is 13.7. The van der Waals surface area contributed by atoms with Crippen molar-refractivity contribution in [3.8, 4) is 0 Å². The number of thioether (sulfide) groups is 1. The average Bonchev–Trinajstić information content (AvgIpc) is 3.32. The summed E-state index contributed by atoms with van der Waals surface area (Å²) in [4.78, 5) is 27.8. The first kappa shape index (κ1) is 24.2. The Bertz CT molecular complexity index is 1130. The van der Waals surface area contributed by atoms with E-state index in [1.807, 2.05) is 24.4 Å². The van der Waals surface area contributed by atoms with Gasteiger partial charge in [-0.2, -0.15) is 11.8 Å². The average molecular weight is 551 g/mol. The van der Waals surface area contributed by atoms with Crippen LogP contribution in [0.25, 0.3) is 0 Å². The van der Waals surface area contributed by atoms with Crippen LogP contribution in [0.3, 0.4) is 0 Å². The van der Waals surface area contributed by atoms with E-state index in [4.69, 9.17) is 4.74 Å². The summed E-state index contributed by atoms with van der Waals surface area (Å²) in [7, 11) is 0. The van der Waals surface area contributed by atoms with Gasteiger partial charge in [-0.05, 0) is 48.7 Å². The number of dihydropyridines is 1. The van der Waals surface area contributed by atoms with E-state index in [2.05, 4.69) is 21.2 Å². The van der Waals surface area contributed by atoms with Gasteiger partial charge in [-0.15, -0.1) is 11.3 Å². The summed E-state index contributed by atoms with van der Waals surface area (Å²) in [5.41, 5.74) is 2.45. The van der Waals surface area contributed by atoms with Crippen molar-refractivity contribution >= 4 is 50.8 Å². The van der Waals surface area contributed by atoms with Gasteiger partial charge in [0.15, 0.2) is 5.78 Å². The maximum atomic E-state index is 15.1. The third-order valence-corrected chi connectivity index (χ3v) is 8.32. The fourth-order valence-electron chi connectivity index (χ4n) is 4.50. The molecule has 4 nitrogen and oxygen atoms in total. The number of halogens is 2. The summed E-state index contributed by atoms with van der Waals surface area (Å²) in [5, 5.41) is 5.32. The van der Waals surface area contributed by atoms with Crippen LogP contribution >= 0.6 is 39.0 Å². The minimum atomic E-state index is -0.804. The molecule has 1 aliphatic heterocycles. The molecule has 2 heterocycles. The molecule has 0 unspecified atom stereocenters. The number of nitrogens with one attached hydrogen (secondary N) is 1. The summed E-state index contributed by atoms with van der Waals surface area (Å²) in [6, 6.07) is 8.66. The topological polar surface area (TPSA) is 55.4 Å². The van der Waals surface area contributed by atoms with Crippen LogP contribution in [0.2, 0.25) is 0 Å². The molecular formula is C25H25BrFNO3S2. The number of carbonyl (C=O) groups is 2. The molecule has 1 aliphatic carbocycles. The van der Waals surface area contributed by atoms with E-state index in [9.17, 15) is 9.59 Å². The van der Waals surface area contributed by atoms with Gasteiger partial charge in [0.25, 0.3) is 0 Å². The summed E-state index contributed by atoms with van der Waals surface area (Å²) in [6.07, 6.45) is 0.974. The van der Waals surface area contributed by atoms with E-state index in [-0.39, 0.29) is 18.3 Å². The molecule has 2 atom stereocenters. The minimum Gasteiger partial charge on any atom is -0.461 e. The number of benzene rings is 1. The molecule has 174 valence electrons. The van der Waals surface area contributed by atoms with Crippen LogP contribution < -0.4 is 5.32 Å². The van der Waals surface area contributed by atoms with Crippen molar-refractivity contribution < 1.29 is 18.7 Å². The zero-order valence-corrected chi connectivity index (χ0v) is 21.7. The van der Waals surface area contributed by atoms with E-state index in [1.165, 1.54) is 6.07 Å². The molecule has 2 aromatic rings. The summed E-state index contributed by atoms with van der Waals surface area (Å²) in [6.45, 7) is 4.10. The van der Waals surface area contributed by atoms with Gasteiger partial charge >= 0.3 is 5.97 Å². The Labute approximate surface area is 209 Å². The molecular weight excluding hydrogens is 525 g/mol. The Hall–Kier alpha value is -1.90. The predicted octanol–water partition coefficient (Wildman–Crippen LogP) is 6.31. The Kier molecular flexibility index (Phi) is 7.76. The number of hydrogen-bond donors (Lipinski definition) is 1. The van der Waals surface area contributed by atoms with Crippen LogP contribution in [-0.4, -0.2) is 29.9 Å². The van der Waals surface area contributed by atoms with Crippen molar-refractivity contribution in [3.05, 3.63) is 79.0 Å². The van der Waals surface area contributed by atoms with Crippen LogP contribution in [-0.2, 0) is 14.3 Å². The highest BCUT2D eigenvalue weighted by Crippen LogP contribution is 2.47. The second-order valence-corrected chi connectivity index (χ2v) is 11.3. The molecule has 8 heteroatoms. The van der Waals surface area contributed by atoms with Crippen molar-refractivity contribution in [2.45, 2.75) is 38.5 Å². The van der Waals surface area contributed by atoms with Gasteiger partial charge in [-0.3, -0.25) is 4.79 Å². The molecule has 0 radical (unpaired) electrons. The Balaban J connectivity index is 1.75. The van der Waals surface area contributed by atoms with Crippen LogP contribution in [0.15, 0.2) is 62.7 Å². The highest BCUT2D eigenvalue weighted by molar-refractivity contribution is 9.10. The zero-order chi connectivity index (χ0) is 23.5. The molecule has 33 heavy (non-hydrogen) atoms. The molecule has 4 rings (SSSR count). The fraction of sp³-hybridized carbons (Fsp3) is 0.360. The van der Waals surface area contributed by atoms with Crippen molar-refractivity contribution in [1.29, 1.82) is 0 Å². The number of hydrogen-bond acceptors (Lipinski definition) is 6. The number of carbonyl (C=O) groups excluding carboxylic acids is 2. The highest BCUT2D eigenvalue weighted by atomic mass is 79.9. The number of ketones is 1. The molecule has 1 aromatic carbocycles. The second kappa shape index (κ2) is 10.6. The van der Waals surface area contributed by atoms with Crippen LogP contribution in [0, 0.1) is 5.82 Å². The Morgan fingerprint density at radius 3 is 2.88 bits per heavy atom. The largest absolute Gasteiger partial charge is 0.461 e. The highest BCUT2D eigenvalue weighted by Gasteiger charge is 2.42. The number of allylic oxidation sites excluding steroid dienone is 3. The lowest BCUT2D eigenvalue weighted by molar-refractivity contribution is -0.138. The maximum Gasteiger partial charge on any atom is 0.336 e. The zero-order valence-electron chi connectivity index (χ0n) is 18.5. The van der Waals surface area contributed by atoms with E-state index < -0.39 is 17.7 Å². The van der Waals surface area contributed by atoms with E-state index in [0.717, 1.165) is 16.3 Å². The molecule has 0 saturated carbocycles. The first-order chi connectivity index (χ1) is 15.9. The SMILES string of the molecule is CCSCCOC(=O)C1=C(C)NC2=C(C(=O)C[C@H](c3cccs3)C2)[C@H]1c1cc(Br)ccc1F. The molecule has 1 N–H and O–H groups in total. The van der Waals surface area contributed by atoms with Gasteiger partial charge in [0.1, 0.15) is 12.4 Å². The smallest absolute Gasteiger partial charge is 0.336 e. The molecule has 0 bridgehead atoms. The summed E-state index contributed by atoms with van der Waals surface area (Å²) in [5.74, 6) is -0.140. The summed E-state index contributed by atoms with van der Waals surface area (Å²) < 4.78 is 21.3. The summed E-state index contributed by atoms with van der Waals surface area (Å²) >= 11 is 6.73. The van der Waals surface area contributed by atoms with Crippen LogP contribution in [0.4, 0.5) is 4.39 Å².